The minimum absolute atomic E-state index is 0.0817. The molecule has 2 aliphatic rings. The molecular formula is C14H25N3O4. The van der Waals surface area contributed by atoms with Crippen molar-refractivity contribution >= 4 is 12.1 Å². The fraction of sp³-hybridized carbons (Fsp3) is 0.857. The van der Waals surface area contributed by atoms with E-state index in [1.165, 1.54) is 0 Å². The number of nitrogens with zero attached hydrogens (tertiary/aromatic N) is 2. The first kappa shape index (κ1) is 15.9. The summed E-state index contributed by atoms with van der Waals surface area (Å²) >= 11 is 0. The van der Waals surface area contributed by atoms with E-state index < -0.39 is 11.1 Å². The molecule has 0 aromatic heterocycles. The van der Waals surface area contributed by atoms with Gasteiger partial charge in [-0.05, 0) is 33.6 Å². The second-order valence-corrected chi connectivity index (χ2v) is 6.76. The molecule has 2 fully saturated rings. The largest absolute Gasteiger partial charge is 0.444 e. The molecule has 3 amide bonds. The molecule has 0 radical (unpaired) electrons. The van der Waals surface area contributed by atoms with Crippen LogP contribution in [0.1, 0.15) is 33.6 Å². The lowest BCUT2D eigenvalue weighted by Crippen LogP contribution is -2.60. The number of likely N-dealkylation sites (tertiary alicyclic amines) is 1. The van der Waals surface area contributed by atoms with Crippen molar-refractivity contribution in [2.45, 2.75) is 44.8 Å². The molecular weight excluding hydrogens is 274 g/mol. The number of ether oxygens (including phenoxy) is 1. The van der Waals surface area contributed by atoms with Crippen molar-refractivity contribution in [2.75, 3.05) is 32.8 Å². The second kappa shape index (κ2) is 5.71. The first-order valence-electron chi connectivity index (χ1n) is 7.42. The van der Waals surface area contributed by atoms with Crippen molar-refractivity contribution in [2.24, 2.45) is 0 Å². The van der Waals surface area contributed by atoms with Crippen molar-refractivity contribution in [3.05, 3.63) is 0 Å². The maximum absolute atomic E-state index is 12.2. The first-order valence-corrected chi connectivity index (χ1v) is 7.42. The number of β-amino-alcohol motifs (C(OH)–C–C–N with tert-alkyl or cyclic N) is 1. The average molecular weight is 299 g/mol. The van der Waals surface area contributed by atoms with Crippen LogP contribution in [0.5, 0.6) is 0 Å². The Labute approximate surface area is 125 Å². The molecule has 21 heavy (non-hydrogen) atoms. The average Bonchev–Trinajstić information content (AvgIpc) is 2.67. The zero-order valence-corrected chi connectivity index (χ0v) is 13.0. The minimum atomic E-state index is -0.532. The van der Waals surface area contributed by atoms with Crippen molar-refractivity contribution in [3.63, 3.8) is 0 Å². The summed E-state index contributed by atoms with van der Waals surface area (Å²) in [4.78, 5) is 27.5. The summed E-state index contributed by atoms with van der Waals surface area (Å²) in [6.45, 7) is 7.30. The quantitative estimate of drug-likeness (QED) is 0.789. The summed E-state index contributed by atoms with van der Waals surface area (Å²) in [6, 6.07) is -0.171. The molecule has 1 spiro atoms. The zero-order chi connectivity index (χ0) is 15.7. The number of carbonyl (C=O) groups excluding carboxylic acids is 2. The van der Waals surface area contributed by atoms with Gasteiger partial charge in [0.15, 0.2) is 0 Å². The maximum atomic E-state index is 12.2. The molecule has 0 aromatic rings. The van der Waals surface area contributed by atoms with Gasteiger partial charge in [-0.3, -0.25) is 0 Å². The number of aliphatic hydroxyl groups excluding tert-OH is 1. The minimum Gasteiger partial charge on any atom is -0.444 e. The van der Waals surface area contributed by atoms with E-state index in [4.69, 9.17) is 9.84 Å². The molecule has 7 nitrogen and oxygen atoms in total. The third-order valence-corrected chi connectivity index (χ3v) is 3.92. The molecule has 0 aromatic carbocycles. The van der Waals surface area contributed by atoms with Crippen LogP contribution in [0, 0.1) is 0 Å². The number of piperidine rings is 1. The van der Waals surface area contributed by atoms with Crippen molar-refractivity contribution < 1.29 is 19.4 Å². The van der Waals surface area contributed by atoms with Crippen LogP contribution in [-0.2, 0) is 4.74 Å². The third kappa shape index (κ3) is 3.40. The Morgan fingerprint density at radius 1 is 1.48 bits per heavy atom. The monoisotopic (exact) mass is 299 g/mol. The van der Waals surface area contributed by atoms with Crippen molar-refractivity contribution in [3.8, 4) is 0 Å². The highest BCUT2D eigenvalue weighted by Crippen LogP contribution is 2.31. The molecule has 2 N–H and O–H groups in total. The molecule has 0 aliphatic carbocycles. The highest BCUT2D eigenvalue weighted by molar-refractivity contribution is 5.78. The van der Waals surface area contributed by atoms with Crippen LogP contribution >= 0.6 is 0 Å². The van der Waals surface area contributed by atoms with Gasteiger partial charge in [-0.25, -0.2) is 9.59 Å². The van der Waals surface area contributed by atoms with E-state index in [0.717, 1.165) is 12.8 Å². The third-order valence-electron chi connectivity index (χ3n) is 3.92. The van der Waals surface area contributed by atoms with Gasteiger partial charge in [0, 0.05) is 26.2 Å². The van der Waals surface area contributed by atoms with Gasteiger partial charge in [0.25, 0.3) is 0 Å². The van der Waals surface area contributed by atoms with Gasteiger partial charge in [0.2, 0.25) is 0 Å². The lowest BCUT2D eigenvalue weighted by atomic mass is 9.88. The molecule has 120 valence electrons. The number of aliphatic hydroxyl groups is 1. The Bertz CT molecular complexity index is 421. The fourth-order valence-corrected chi connectivity index (χ4v) is 3.04. The van der Waals surface area contributed by atoms with E-state index in [0.29, 0.717) is 19.6 Å². The van der Waals surface area contributed by atoms with Gasteiger partial charge >= 0.3 is 12.1 Å². The van der Waals surface area contributed by atoms with Gasteiger partial charge in [-0.15, -0.1) is 0 Å². The number of urea groups is 1. The zero-order valence-electron chi connectivity index (χ0n) is 13.0. The molecule has 2 saturated heterocycles. The number of rotatable bonds is 2. The summed E-state index contributed by atoms with van der Waals surface area (Å²) in [7, 11) is 0. The summed E-state index contributed by atoms with van der Waals surface area (Å²) in [5, 5.41) is 12.0. The Balaban J connectivity index is 2.09. The van der Waals surface area contributed by atoms with Crippen LogP contribution in [0.3, 0.4) is 0 Å². The highest BCUT2D eigenvalue weighted by Gasteiger charge is 2.48. The molecule has 0 saturated carbocycles. The lowest BCUT2D eigenvalue weighted by Gasteiger charge is -2.44. The Kier molecular flexibility index (Phi) is 4.32. The highest BCUT2D eigenvalue weighted by atomic mass is 16.6. The number of hydrogen-bond donors (Lipinski definition) is 2. The van der Waals surface area contributed by atoms with Crippen LogP contribution < -0.4 is 5.32 Å². The SMILES string of the molecule is CC(C)(C)OC(=O)N1CCCC2(CNC(=O)N2CCO)C1. The lowest BCUT2D eigenvalue weighted by molar-refractivity contribution is 0.000334. The van der Waals surface area contributed by atoms with E-state index in [1.54, 1.807) is 9.80 Å². The Morgan fingerprint density at radius 2 is 2.19 bits per heavy atom. The first-order chi connectivity index (χ1) is 9.77. The molecule has 1 atom stereocenters. The van der Waals surface area contributed by atoms with Crippen LogP contribution in [0.15, 0.2) is 0 Å². The molecule has 2 heterocycles. The summed E-state index contributed by atoms with van der Waals surface area (Å²) in [5.41, 5.74) is -0.953. The van der Waals surface area contributed by atoms with E-state index in [1.807, 2.05) is 20.8 Å². The molecule has 1 unspecified atom stereocenters. The summed E-state index contributed by atoms with van der Waals surface area (Å²) in [5.74, 6) is 0. The second-order valence-electron chi connectivity index (χ2n) is 6.76. The van der Waals surface area contributed by atoms with Crippen LogP contribution in [0.25, 0.3) is 0 Å². The molecule has 2 aliphatic heterocycles. The smallest absolute Gasteiger partial charge is 0.410 e. The number of carbonyl (C=O) groups is 2. The molecule has 2 rings (SSSR count). The van der Waals surface area contributed by atoms with Gasteiger partial charge in [0.05, 0.1) is 12.1 Å². The van der Waals surface area contributed by atoms with Crippen LogP contribution in [0.4, 0.5) is 9.59 Å². The van der Waals surface area contributed by atoms with Gasteiger partial charge < -0.3 is 25.0 Å². The van der Waals surface area contributed by atoms with E-state index in [-0.39, 0.29) is 25.3 Å². The fourth-order valence-electron chi connectivity index (χ4n) is 3.04. The van der Waals surface area contributed by atoms with Crippen molar-refractivity contribution in [1.29, 1.82) is 0 Å². The van der Waals surface area contributed by atoms with Crippen LogP contribution in [0.2, 0.25) is 0 Å². The van der Waals surface area contributed by atoms with E-state index in [2.05, 4.69) is 5.32 Å². The Hall–Kier alpha value is -1.50. The molecule has 7 heteroatoms. The predicted molar refractivity (Wildman–Crippen MR) is 77.0 cm³/mol. The summed E-state index contributed by atoms with van der Waals surface area (Å²) < 4.78 is 5.42. The van der Waals surface area contributed by atoms with Gasteiger partial charge in [-0.2, -0.15) is 0 Å². The normalized spacial score (nSPS) is 26.2. The topological polar surface area (TPSA) is 82.1 Å². The van der Waals surface area contributed by atoms with Gasteiger partial charge in [-0.1, -0.05) is 0 Å². The van der Waals surface area contributed by atoms with Gasteiger partial charge in [0.1, 0.15) is 5.60 Å². The summed E-state index contributed by atoms with van der Waals surface area (Å²) in [6.07, 6.45) is 1.30. The van der Waals surface area contributed by atoms with Crippen molar-refractivity contribution in [1.82, 2.24) is 15.1 Å². The Morgan fingerprint density at radius 3 is 2.81 bits per heavy atom. The predicted octanol–water partition coefficient (Wildman–Crippen LogP) is 0.774. The van der Waals surface area contributed by atoms with E-state index >= 15 is 0 Å². The van der Waals surface area contributed by atoms with E-state index in [9.17, 15) is 9.59 Å². The number of hydrogen-bond acceptors (Lipinski definition) is 4. The number of amides is 3. The standard InChI is InChI=1S/C14H25N3O4/c1-13(2,3)21-12(20)16-6-4-5-14(10-16)9-15-11(19)17(14)7-8-18/h18H,4-10H2,1-3H3,(H,15,19). The maximum Gasteiger partial charge on any atom is 0.410 e. The van der Waals surface area contributed by atoms with Crippen LogP contribution in [-0.4, -0.2) is 71.0 Å². The molecule has 0 bridgehead atoms. The number of nitrogens with one attached hydrogen (secondary N) is 1.